The Kier molecular flexibility index (Phi) is 4.28. The molecule has 0 aromatic heterocycles. The van der Waals surface area contributed by atoms with Gasteiger partial charge in [0, 0.05) is 17.5 Å². The van der Waals surface area contributed by atoms with Crippen LogP contribution >= 0.6 is 0 Å². The van der Waals surface area contributed by atoms with Gasteiger partial charge in [-0.05, 0) is 30.3 Å². The molecule has 0 aliphatic carbocycles. The van der Waals surface area contributed by atoms with E-state index in [0.717, 1.165) is 11.3 Å². The molecule has 0 saturated heterocycles. The number of carbonyl (C=O) groups is 1. The van der Waals surface area contributed by atoms with Crippen molar-refractivity contribution in [1.82, 2.24) is 5.01 Å². The highest BCUT2D eigenvalue weighted by atomic mass is 16.5. The second-order valence-corrected chi connectivity index (χ2v) is 5.16. The van der Waals surface area contributed by atoms with E-state index in [9.17, 15) is 4.79 Å². The van der Waals surface area contributed by atoms with E-state index >= 15 is 0 Å². The molecule has 0 fully saturated rings. The molecule has 1 aliphatic rings. The van der Waals surface area contributed by atoms with Crippen molar-refractivity contribution in [3.63, 3.8) is 0 Å². The van der Waals surface area contributed by atoms with Gasteiger partial charge in [-0.3, -0.25) is 4.79 Å². The Bertz CT molecular complexity index is 741. The van der Waals surface area contributed by atoms with Gasteiger partial charge in [0.15, 0.2) is 11.5 Å². The molecule has 0 radical (unpaired) electrons. The summed E-state index contributed by atoms with van der Waals surface area (Å²) in [6.45, 7) is 0.581. The average Bonchev–Trinajstić information content (AvgIpc) is 3.11. The third kappa shape index (κ3) is 3.04. The maximum Gasteiger partial charge on any atom is 0.273 e. The van der Waals surface area contributed by atoms with Crippen LogP contribution in [0, 0.1) is 0 Å². The maximum atomic E-state index is 12.4. The second kappa shape index (κ2) is 6.52. The van der Waals surface area contributed by atoms with E-state index < -0.39 is 0 Å². The fraction of sp³-hybridized carbons (Fsp3) is 0.222. The molecule has 0 spiro atoms. The number of nitrogens with zero attached hydrogens (tertiary/aromatic N) is 2. The summed E-state index contributed by atoms with van der Waals surface area (Å²) in [4.78, 5) is 12.4. The van der Waals surface area contributed by atoms with E-state index in [1.807, 2.05) is 36.4 Å². The molecule has 0 bridgehead atoms. The van der Waals surface area contributed by atoms with Crippen LogP contribution in [0.4, 0.5) is 0 Å². The molecule has 3 rings (SSSR count). The van der Waals surface area contributed by atoms with Crippen molar-refractivity contribution < 1.29 is 14.3 Å². The van der Waals surface area contributed by atoms with Crippen LogP contribution in [0.25, 0.3) is 0 Å². The van der Waals surface area contributed by atoms with E-state index in [2.05, 4.69) is 5.10 Å². The molecule has 1 heterocycles. The van der Waals surface area contributed by atoms with E-state index in [-0.39, 0.29) is 5.91 Å². The number of methoxy groups -OCH3 is 2. The molecule has 2 aromatic rings. The van der Waals surface area contributed by atoms with Gasteiger partial charge in [0.2, 0.25) is 0 Å². The van der Waals surface area contributed by atoms with Gasteiger partial charge < -0.3 is 9.47 Å². The zero-order valence-electron chi connectivity index (χ0n) is 13.2. The molecular formula is C18H18N2O3. The van der Waals surface area contributed by atoms with E-state index in [4.69, 9.17) is 9.47 Å². The monoisotopic (exact) mass is 310 g/mol. The van der Waals surface area contributed by atoms with Crippen LogP contribution in [-0.2, 0) is 0 Å². The van der Waals surface area contributed by atoms with Gasteiger partial charge >= 0.3 is 0 Å². The number of ether oxygens (including phenoxy) is 2. The Morgan fingerprint density at radius 3 is 2.48 bits per heavy atom. The molecule has 0 unspecified atom stereocenters. The normalized spacial score (nSPS) is 13.7. The standard InChI is InChI=1S/C18H18N2O3/c1-22-16-9-8-14(12-17(16)23-2)15-10-11-20(19-15)18(21)13-6-4-3-5-7-13/h3-9,12H,10-11H2,1-2H3. The summed E-state index contributed by atoms with van der Waals surface area (Å²) >= 11 is 0. The number of carbonyl (C=O) groups excluding carboxylic acids is 1. The van der Waals surface area contributed by atoms with Gasteiger partial charge in [-0.25, -0.2) is 5.01 Å². The fourth-order valence-corrected chi connectivity index (χ4v) is 2.55. The lowest BCUT2D eigenvalue weighted by Crippen LogP contribution is -2.23. The molecule has 0 saturated carbocycles. The maximum absolute atomic E-state index is 12.4. The molecule has 23 heavy (non-hydrogen) atoms. The van der Waals surface area contributed by atoms with E-state index in [1.54, 1.807) is 26.4 Å². The van der Waals surface area contributed by atoms with Crippen LogP contribution in [0.5, 0.6) is 11.5 Å². The predicted octanol–water partition coefficient (Wildman–Crippen LogP) is 2.95. The molecule has 0 atom stereocenters. The van der Waals surface area contributed by atoms with E-state index in [0.29, 0.717) is 30.0 Å². The number of amides is 1. The van der Waals surface area contributed by atoms with E-state index in [1.165, 1.54) is 5.01 Å². The molecule has 2 aromatic carbocycles. The topological polar surface area (TPSA) is 51.1 Å². The SMILES string of the molecule is COc1ccc(C2=NN(C(=O)c3ccccc3)CC2)cc1OC. The van der Waals surface area contributed by atoms with Crippen molar-refractivity contribution in [1.29, 1.82) is 0 Å². The fourth-order valence-electron chi connectivity index (χ4n) is 2.55. The van der Waals surface area contributed by atoms with Gasteiger partial charge in [-0.1, -0.05) is 18.2 Å². The summed E-state index contributed by atoms with van der Waals surface area (Å²) in [7, 11) is 3.20. The Labute approximate surface area is 135 Å². The molecular weight excluding hydrogens is 292 g/mol. The number of benzene rings is 2. The number of hydrogen-bond donors (Lipinski definition) is 0. The first-order valence-electron chi connectivity index (χ1n) is 7.39. The first-order valence-corrected chi connectivity index (χ1v) is 7.39. The van der Waals surface area contributed by atoms with Gasteiger partial charge in [0.05, 0.1) is 26.5 Å². The minimum Gasteiger partial charge on any atom is -0.493 e. The highest BCUT2D eigenvalue weighted by molar-refractivity contribution is 6.04. The number of hydrogen-bond acceptors (Lipinski definition) is 4. The highest BCUT2D eigenvalue weighted by Crippen LogP contribution is 2.29. The Balaban J connectivity index is 1.84. The zero-order valence-corrected chi connectivity index (χ0v) is 13.2. The minimum atomic E-state index is -0.0823. The highest BCUT2D eigenvalue weighted by Gasteiger charge is 2.23. The van der Waals surface area contributed by atoms with Crippen molar-refractivity contribution in [3.8, 4) is 11.5 Å². The Morgan fingerprint density at radius 2 is 1.78 bits per heavy atom. The lowest BCUT2D eigenvalue weighted by Gasteiger charge is -2.11. The van der Waals surface area contributed by atoms with Gasteiger partial charge in [-0.2, -0.15) is 5.10 Å². The lowest BCUT2D eigenvalue weighted by atomic mass is 10.1. The molecule has 0 N–H and O–H groups in total. The van der Waals surface area contributed by atoms with Gasteiger partial charge in [0.25, 0.3) is 5.91 Å². The van der Waals surface area contributed by atoms with Crippen LogP contribution in [0.3, 0.4) is 0 Å². The first-order chi connectivity index (χ1) is 11.2. The number of rotatable bonds is 4. The number of hydrazone groups is 1. The van der Waals surface area contributed by atoms with Crippen molar-refractivity contribution >= 4 is 11.6 Å². The molecule has 1 aliphatic heterocycles. The zero-order chi connectivity index (χ0) is 16.2. The van der Waals surface area contributed by atoms with Crippen LogP contribution in [0.1, 0.15) is 22.3 Å². The molecule has 5 heteroatoms. The van der Waals surface area contributed by atoms with Crippen LogP contribution in [-0.4, -0.2) is 37.4 Å². The molecule has 118 valence electrons. The van der Waals surface area contributed by atoms with Crippen molar-refractivity contribution in [3.05, 3.63) is 59.7 Å². The van der Waals surface area contributed by atoms with Gasteiger partial charge in [-0.15, -0.1) is 0 Å². The predicted molar refractivity (Wildman–Crippen MR) is 88.2 cm³/mol. The second-order valence-electron chi connectivity index (χ2n) is 5.16. The summed E-state index contributed by atoms with van der Waals surface area (Å²) in [5.74, 6) is 1.24. The summed E-state index contributed by atoms with van der Waals surface area (Å²) in [6.07, 6.45) is 0.716. The van der Waals surface area contributed by atoms with Crippen molar-refractivity contribution in [2.24, 2.45) is 5.10 Å². The minimum absolute atomic E-state index is 0.0823. The molecule has 1 amide bonds. The Morgan fingerprint density at radius 1 is 1.04 bits per heavy atom. The molecule has 5 nitrogen and oxygen atoms in total. The average molecular weight is 310 g/mol. The van der Waals surface area contributed by atoms with Crippen LogP contribution in [0.2, 0.25) is 0 Å². The van der Waals surface area contributed by atoms with Crippen LogP contribution in [0.15, 0.2) is 53.6 Å². The smallest absolute Gasteiger partial charge is 0.273 e. The van der Waals surface area contributed by atoms with Crippen LogP contribution < -0.4 is 9.47 Å². The van der Waals surface area contributed by atoms with Crippen molar-refractivity contribution in [2.75, 3.05) is 20.8 Å². The quantitative estimate of drug-likeness (QED) is 0.872. The summed E-state index contributed by atoms with van der Waals surface area (Å²) in [5.41, 5.74) is 2.45. The summed E-state index contributed by atoms with van der Waals surface area (Å²) in [6, 6.07) is 14.8. The first kappa shape index (κ1) is 15.1. The third-order valence-electron chi connectivity index (χ3n) is 3.77. The largest absolute Gasteiger partial charge is 0.493 e. The lowest BCUT2D eigenvalue weighted by molar-refractivity contribution is 0.0778. The van der Waals surface area contributed by atoms with Gasteiger partial charge in [0.1, 0.15) is 0 Å². The summed E-state index contributed by atoms with van der Waals surface area (Å²) in [5, 5.41) is 5.98. The van der Waals surface area contributed by atoms with Crippen molar-refractivity contribution in [2.45, 2.75) is 6.42 Å². The Hall–Kier alpha value is -2.82. The summed E-state index contributed by atoms with van der Waals surface area (Å²) < 4.78 is 10.6. The third-order valence-corrected chi connectivity index (χ3v) is 3.77.